The first-order valence-corrected chi connectivity index (χ1v) is 6.96. The summed E-state index contributed by atoms with van der Waals surface area (Å²) in [5, 5.41) is 0. The summed E-state index contributed by atoms with van der Waals surface area (Å²) >= 11 is 14.4. The smallest absolute Gasteiger partial charge is 0.0874 e. The van der Waals surface area contributed by atoms with Crippen LogP contribution in [0.25, 0.3) is 0 Å². The van der Waals surface area contributed by atoms with Gasteiger partial charge in [-0.05, 0) is 0 Å². The molecule has 1 saturated heterocycles. The highest BCUT2D eigenvalue weighted by atomic mass is 35.6. The lowest BCUT2D eigenvalue weighted by Gasteiger charge is -2.04. The van der Waals surface area contributed by atoms with Crippen molar-refractivity contribution in [1.82, 2.24) is 0 Å². The summed E-state index contributed by atoms with van der Waals surface area (Å²) in [7, 11) is 0.508. The minimum Gasteiger partial charge on any atom is -0.0874 e. The van der Waals surface area contributed by atoms with Gasteiger partial charge in [0.2, 0.25) is 0 Å². The van der Waals surface area contributed by atoms with Gasteiger partial charge in [-0.25, -0.2) is 0 Å². The molecule has 0 aromatic rings. The number of alkyl halides is 3. The average Bonchev–Trinajstić information content (AvgIpc) is 1.90. The highest BCUT2D eigenvalue weighted by Gasteiger charge is 1.96. The first-order chi connectivity index (χ1) is 4.73. The molecule has 4 heteroatoms. The van der Waals surface area contributed by atoms with Gasteiger partial charge in [0, 0.05) is 9.52 Å². The van der Waals surface area contributed by atoms with Crippen molar-refractivity contribution in [3.8, 4) is 0 Å². The van der Waals surface area contributed by atoms with Crippen LogP contribution in [-0.2, 0) is 0 Å². The van der Waals surface area contributed by atoms with E-state index >= 15 is 0 Å². The molecule has 1 fully saturated rings. The van der Waals surface area contributed by atoms with Crippen LogP contribution >= 0.6 is 34.8 Å². The van der Waals surface area contributed by atoms with Gasteiger partial charge in [-0.2, -0.15) is 0 Å². The molecule has 10 heavy (non-hydrogen) atoms. The van der Waals surface area contributed by atoms with Crippen molar-refractivity contribution in [2.24, 2.45) is 0 Å². The van der Waals surface area contributed by atoms with Crippen molar-refractivity contribution >= 4 is 44.3 Å². The topological polar surface area (TPSA) is 0 Å². The molecule has 0 unspecified atom stereocenters. The molecule has 0 atom stereocenters. The molecule has 1 rings (SSSR count). The zero-order valence-electron chi connectivity index (χ0n) is 5.95. The van der Waals surface area contributed by atoms with Crippen molar-refractivity contribution in [2.75, 3.05) is 0 Å². The van der Waals surface area contributed by atoms with Gasteiger partial charge in [-0.3, -0.25) is 0 Å². The first-order valence-electron chi connectivity index (χ1n) is 3.65. The highest BCUT2D eigenvalue weighted by Crippen LogP contribution is 2.10. The van der Waals surface area contributed by atoms with Gasteiger partial charge in [-0.15, -0.1) is 0 Å². The largest absolute Gasteiger partial charge is 0.180 e. The first kappa shape index (κ1) is 11.1. The van der Waals surface area contributed by atoms with Crippen LogP contribution in [0.2, 0.25) is 12.1 Å². The zero-order chi connectivity index (χ0) is 7.82. The van der Waals surface area contributed by atoms with E-state index in [9.17, 15) is 0 Å². The molecule has 0 bridgehead atoms. The summed E-state index contributed by atoms with van der Waals surface area (Å²) in [5.41, 5.74) is 0. The Morgan fingerprint density at radius 3 is 1.40 bits per heavy atom. The van der Waals surface area contributed by atoms with E-state index in [0.29, 0.717) is 9.52 Å². The van der Waals surface area contributed by atoms with Crippen molar-refractivity contribution in [1.29, 1.82) is 0 Å². The van der Waals surface area contributed by atoms with Crippen molar-refractivity contribution in [3.05, 3.63) is 0 Å². The van der Waals surface area contributed by atoms with E-state index < -0.39 is 4.30 Å². The van der Waals surface area contributed by atoms with E-state index in [4.69, 9.17) is 34.8 Å². The van der Waals surface area contributed by atoms with Crippen LogP contribution in [-0.4, -0.2) is 13.8 Å². The maximum atomic E-state index is 4.81. The summed E-state index contributed by atoms with van der Waals surface area (Å²) in [4.78, 5) is 0. The second kappa shape index (κ2) is 8.19. The van der Waals surface area contributed by atoms with Crippen LogP contribution in [0, 0.1) is 0 Å². The molecular weight excluding hydrogens is 207 g/mol. The lowest BCUT2D eigenvalue weighted by atomic mass is 10.3. The van der Waals surface area contributed by atoms with Crippen LogP contribution in [0.3, 0.4) is 0 Å². The van der Waals surface area contributed by atoms with Gasteiger partial charge < -0.3 is 0 Å². The molecule has 0 aliphatic carbocycles. The molecule has 62 valence electrons. The maximum Gasteiger partial charge on any atom is 0.180 e. The van der Waals surface area contributed by atoms with Gasteiger partial charge in [0.25, 0.3) is 0 Å². The third kappa shape index (κ3) is 11.8. The second-order valence-electron chi connectivity index (χ2n) is 2.37. The van der Waals surface area contributed by atoms with Crippen LogP contribution in [0.1, 0.15) is 19.3 Å². The molecule has 0 N–H and O–H groups in total. The second-order valence-corrected chi connectivity index (χ2v) is 6.47. The maximum absolute atomic E-state index is 4.81. The molecule has 1 aliphatic rings. The Morgan fingerprint density at radius 2 is 1.30 bits per heavy atom. The molecule has 1 aliphatic heterocycles. The minimum absolute atomic E-state index is 0.508. The Morgan fingerprint density at radius 1 is 0.900 bits per heavy atom. The predicted octanol–water partition coefficient (Wildman–Crippen LogP) is 3.16. The lowest BCUT2D eigenvalue weighted by molar-refractivity contribution is 0.734. The minimum atomic E-state index is -0.750. The Kier molecular flexibility index (Phi) is 9.08. The van der Waals surface area contributed by atoms with Crippen LogP contribution in [0.5, 0.6) is 0 Å². The molecule has 0 spiro atoms. The van der Waals surface area contributed by atoms with Crippen LogP contribution in [0.4, 0.5) is 0 Å². The predicted molar refractivity (Wildman–Crippen MR) is 53.4 cm³/mol. The molecule has 0 radical (unpaired) electrons. The zero-order valence-corrected chi connectivity index (χ0v) is 9.64. The number of rotatable bonds is 0. The average molecular weight is 220 g/mol. The molecule has 0 amide bonds. The fraction of sp³-hybridized carbons (Fsp3) is 1.00. The molecular formula is C6H13Cl3Si. The van der Waals surface area contributed by atoms with E-state index in [-0.39, 0.29) is 0 Å². The van der Waals surface area contributed by atoms with Crippen molar-refractivity contribution in [3.63, 3.8) is 0 Å². The van der Waals surface area contributed by atoms with Crippen LogP contribution in [0.15, 0.2) is 0 Å². The Bertz CT molecular complexity index is 49.7. The number of hydrogen-bond acceptors (Lipinski definition) is 0. The summed E-state index contributed by atoms with van der Waals surface area (Å²) in [5.74, 6) is 0. The Hall–Kier alpha value is 1.09. The highest BCUT2D eigenvalue weighted by molar-refractivity contribution is 6.63. The molecule has 0 nitrogen and oxygen atoms in total. The van der Waals surface area contributed by atoms with Gasteiger partial charge in [-0.1, -0.05) is 66.2 Å². The molecule has 0 saturated carbocycles. The SMILES string of the molecule is C1CC[SiH2]CC1.ClC(Cl)Cl. The van der Waals surface area contributed by atoms with Gasteiger partial charge in [0.1, 0.15) is 0 Å². The summed E-state index contributed by atoms with van der Waals surface area (Å²) < 4.78 is -0.750. The summed E-state index contributed by atoms with van der Waals surface area (Å²) in [6.45, 7) is 0. The summed E-state index contributed by atoms with van der Waals surface area (Å²) in [6.07, 6.45) is 4.66. The Labute approximate surface area is 80.0 Å². The molecule has 0 aromatic carbocycles. The van der Waals surface area contributed by atoms with Gasteiger partial charge >= 0.3 is 0 Å². The fourth-order valence-corrected chi connectivity index (χ4v) is 2.83. The van der Waals surface area contributed by atoms with E-state index in [1.165, 1.54) is 6.42 Å². The third-order valence-electron chi connectivity index (χ3n) is 1.50. The van der Waals surface area contributed by atoms with E-state index in [1.807, 2.05) is 0 Å². The van der Waals surface area contributed by atoms with Crippen LogP contribution < -0.4 is 0 Å². The molecule has 0 aromatic heterocycles. The number of halogens is 3. The molecule has 1 heterocycles. The number of hydrogen-bond donors (Lipinski definition) is 0. The van der Waals surface area contributed by atoms with Gasteiger partial charge in [0.05, 0.1) is 0 Å². The van der Waals surface area contributed by atoms with Crippen molar-refractivity contribution in [2.45, 2.75) is 35.6 Å². The standard InChI is InChI=1S/C5H12Si.CHCl3/c1-2-4-6-5-3-1;2-1(3)4/h1-6H2;1H. The van der Waals surface area contributed by atoms with E-state index in [2.05, 4.69) is 0 Å². The van der Waals surface area contributed by atoms with E-state index in [0.717, 1.165) is 0 Å². The fourth-order valence-electron chi connectivity index (χ4n) is 1.06. The summed E-state index contributed by atoms with van der Waals surface area (Å²) in [6, 6.07) is 3.28. The quantitative estimate of drug-likeness (QED) is 0.434. The normalized spacial score (nSPS) is 18.0. The Balaban J connectivity index is 0.000000180. The van der Waals surface area contributed by atoms with Gasteiger partial charge in [0.15, 0.2) is 4.30 Å². The lowest BCUT2D eigenvalue weighted by Crippen LogP contribution is -1.94. The third-order valence-corrected chi connectivity index (χ3v) is 3.50. The monoisotopic (exact) mass is 218 g/mol. The van der Waals surface area contributed by atoms with Crippen molar-refractivity contribution < 1.29 is 0 Å². The van der Waals surface area contributed by atoms with E-state index in [1.54, 1.807) is 24.9 Å².